The van der Waals surface area contributed by atoms with E-state index in [0.29, 0.717) is 11.9 Å². The molecule has 13 nitrogen and oxygen atoms in total. The van der Waals surface area contributed by atoms with Crippen LogP contribution in [0.1, 0.15) is 33.6 Å². The molecule has 2 fully saturated rings. The number of nitrogens with zero attached hydrogens (tertiary/aromatic N) is 5. The minimum Gasteiger partial charge on any atom is -0.460 e. The summed E-state index contributed by atoms with van der Waals surface area (Å²) in [6, 6.07) is 5.57. The van der Waals surface area contributed by atoms with Gasteiger partial charge in [0.1, 0.15) is 35.9 Å². The van der Waals surface area contributed by atoms with Crippen molar-refractivity contribution in [3.8, 4) is 0 Å². The number of allylic oxidation sites excluding steroid dienone is 1. The monoisotopic (exact) mass is 606 g/mol. The summed E-state index contributed by atoms with van der Waals surface area (Å²) in [6.07, 6.45) is 6.14. The number of fused-ring (bicyclic) bond motifs is 3. The highest BCUT2D eigenvalue weighted by atomic mass is 16.6. The van der Waals surface area contributed by atoms with Crippen LogP contribution >= 0.6 is 0 Å². The fourth-order valence-corrected chi connectivity index (χ4v) is 6.94. The molecule has 2 N–H and O–H groups in total. The lowest BCUT2D eigenvalue weighted by Gasteiger charge is -2.39. The number of cyclic esters (lactones) is 1. The Hall–Kier alpha value is -4.10. The molecule has 5 heterocycles. The lowest BCUT2D eigenvalue weighted by atomic mass is 9.78. The topological polar surface area (TPSA) is 156 Å². The van der Waals surface area contributed by atoms with Crippen molar-refractivity contribution in [2.45, 2.75) is 70.2 Å². The smallest absolute Gasteiger partial charge is 0.313 e. The molecule has 4 aliphatic heterocycles. The SMILES string of the molecule is CC(C)[C@H](CO)N1C(=O)[C@H]2[C@@H]3C(=O)O[C@@H](C)CNC(=O)CC/C=C\[C@@H]3O[C@]23C=CCN(Cn2nnc4ccccc42)C(=O)[C@H]13. The van der Waals surface area contributed by atoms with Gasteiger partial charge >= 0.3 is 5.97 Å². The summed E-state index contributed by atoms with van der Waals surface area (Å²) in [4.78, 5) is 58.1. The molecule has 0 radical (unpaired) electrons. The quantitative estimate of drug-likeness (QED) is 0.371. The number of nitrogens with one attached hydrogen (secondary N) is 1. The van der Waals surface area contributed by atoms with Gasteiger partial charge in [-0.25, -0.2) is 4.68 Å². The van der Waals surface area contributed by atoms with Crippen LogP contribution in [-0.2, 0) is 35.3 Å². The number of carbonyl (C=O) groups is 4. The Morgan fingerprint density at radius 3 is 2.70 bits per heavy atom. The molecule has 2 aromatic rings. The van der Waals surface area contributed by atoms with Crippen molar-refractivity contribution < 1.29 is 33.8 Å². The Morgan fingerprint density at radius 1 is 1.14 bits per heavy atom. The number of amides is 3. The molecule has 234 valence electrons. The van der Waals surface area contributed by atoms with E-state index in [1.807, 2.05) is 38.1 Å². The fourth-order valence-electron chi connectivity index (χ4n) is 6.94. The van der Waals surface area contributed by atoms with Gasteiger partial charge in [0.05, 0.1) is 36.7 Å². The number of hydrogen-bond donors (Lipinski definition) is 2. The number of hydrogen-bond acceptors (Lipinski definition) is 9. The second-order valence-corrected chi connectivity index (χ2v) is 12.3. The average molecular weight is 607 g/mol. The highest BCUT2D eigenvalue weighted by Gasteiger charge is 2.72. The van der Waals surface area contributed by atoms with Gasteiger partial charge in [-0.3, -0.25) is 19.2 Å². The molecule has 0 saturated carbocycles. The summed E-state index contributed by atoms with van der Waals surface area (Å²) in [6.45, 7) is 5.46. The maximum Gasteiger partial charge on any atom is 0.313 e. The Bertz CT molecular complexity index is 1520. The minimum atomic E-state index is -1.49. The second kappa shape index (κ2) is 11.8. The molecule has 44 heavy (non-hydrogen) atoms. The predicted molar refractivity (Wildman–Crippen MR) is 156 cm³/mol. The Morgan fingerprint density at radius 2 is 1.93 bits per heavy atom. The van der Waals surface area contributed by atoms with Gasteiger partial charge in [-0.05, 0) is 31.4 Å². The average Bonchev–Trinajstić information content (AvgIpc) is 3.58. The number of para-hydroxylation sites is 1. The zero-order valence-electron chi connectivity index (χ0n) is 25.0. The lowest BCUT2D eigenvalue weighted by molar-refractivity contribution is -0.160. The van der Waals surface area contributed by atoms with Crippen molar-refractivity contribution in [2.75, 3.05) is 19.7 Å². The summed E-state index contributed by atoms with van der Waals surface area (Å²) in [7, 11) is 0. The molecule has 2 saturated heterocycles. The molecule has 1 aromatic carbocycles. The van der Waals surface area contributed by atoms with E-state index in [2.05, 4.69) is 15.6 Å². The predicted octanol–water partition coefficient (Wildman–Crippen LogP) is 0.783. The third-order valence-electron chi connectivity index (χ3n) is 9.09. The van der Waals surface area contributed by atoms with Crippen LogP contribution in [0.25, 0.3) is 11.0 Å². The summed E-state index contributed by atoms with van der Waals surface area (Å²) >= 11 is 0. The first-order valence-corrected chi connectivity index (χ1v) is 15.2. The molecule has 7 atom stereocenters. The van der Waals surface area contributed by atoms with Crippen molar-refractivity contribution in [1.82, 2.24) is 30.1 Å². The van der Waals surface area contributed by atoms with Gasteiger partial charge in [-0.15, -0.1) is 5.10 Å². The van der Waals surface area contributed by atoms with E-state index in [4.69, 9.17) is 9.47 Å². The van der Waals surface area contributed by atoms with Crippen LogP contribution in [0.15, 0.2) is 48.6 Å². The third-order valence-corrected chi connectivity index (χ3v) is 9.09. The highest BCUT2D eigenvalue weighted by Crippen LogP contribution is 2.54. The first-order valence-electron chi connectivity index (χ1n) is 15.2. The second-order valence-electron chi connectivity index (χ2n) is 12.3. The van der Waals surface area contributed by atoms with E-state index < -0.39 is 53.6 Å². The molecule has 4 aliphatic rings. The van der Waals surface area contributed by atoms with Crippen LogP contribution < -0.4 is 5.32 Å². The van der Waals surface area contributed by atoms with Crippen LogP contribution in [0.3, 0.4) is 0 Å². The van der Waals surface area contributed by atoms with E-state index in [-0.39, 0.29) is 50.5 Å². The van der Waals surface area contributed by atoms with E-state index in [1.165, 1.54) is 4.90 Å². The molecule has 6 rings (SSSR count). The number of esters is 1. The van der Waals surface area contributed by atoms with Gasteiger partial charge in [0.2, 0.25) is 11.8 Å². The first-order chi connectivity index (χ1) is 21.2. The Kier molecular flexibility index (Phi) is 8.01. The lowest BCUT2D eigenvalue weighted by Crippen LogP contribution is -2.59. The van der Waals surface area contributed by atoms with Crippen LogP contribution in [-0.4, -0.2) is 103 Å². The normalized spacial score (nSPS) is 32.3. The number of aliphatic hydroxyl groups excluding tert-OH is 1. The Balaban J connectivity index is 1.42. The molecule has 0 unspecified atom stereocenters. The van der Waals surface area contributed by atoms with Crippen molar-refractivity contribution in [3.05, 3.63) is 48.6 Å². The van der Waals surface area contributed by atoms with Crippen molar-refractivity contribution in [2.24, 2.45) is 17.8 Å². The number of ether oxygens (including phenoxy) is 2. The summed E-state index contributed by atoms with van der Waals surface area (Å²) in [5.74, 6) is -3.95. The van der Waals surface area contributed by atoms with Crippen LogP contribution in [0, 0.1) is 17.8 Å². The highest BCUT2D eigenvalue weighted by molar-refractivity contribution is 5.99. The first kappa shape index (κ1) is 29.9. The van der Waals surface area contributed by atoms with Crippen molar-refractivity contribution >= 4 is 34.7 Å². The Labute approximate surface area is 254 Å². The van der Waals surface area contributed by atoms with Crippen LogP contribution in [0.5, 0.6) is 0 Å². The van der Waals surface area contributed by atoms with Gasteiger partial charge < -0.3 is 29.7 Å². The molecule has 13 heteroatoms. The number of aromatic nitrogens is 3. The van der Waals surface area contributed by atoms with Crippen molar-refractivity contribution in [3.63, 3.8) is 0 Å². The summed E-state index contributed by atoms with van der Waals surface area (Å²) in [5.41, 5.74) is -0.0587. The molecular weight excluding hydrogens is 568 g/mol. The largest absolute Gasteiger partial charge is 0.460 e. The van der Waals surface area contributed by atoms with Gasteiger partial charge in [0.25, 0.3) is 5.91 Å². The zero-order valence-corrected chi connectivity index (χ0v) is 25.0. The number of rotatable bonds is 5. The molecule has 3 amide bonds. The number of aliphatic hydroxyl groups is 1. The molecule has 0 bridgehead atoms. The molecule has 1 aromatic heterocycles. The van der Waals surface area contributed by atoms with Gasteiger partial charge in [-0.2, -0.15) is 0 Å². The maximum atomic E-state index is 14.6. The van der Waals surface area contributed by atoms with Gasteiger partial charge in [-0.1, -0.05) is 55.5 Å². The molecule has 1 spiro atoms. The third kappa shape index (κ3) is 4.97. The fraction of sp³-hybridized carbons (Fsp3) is 0.548. The van der Waals surface area contributed by atoms with Crippen LogP contribution in [0.4, 0.5) is 0 Å². The summed E-state index contributed by atoms with van der Waals surface area (Å²) in [5, 5.41) is 21.7. The van der Waals surface area contributed by atoms with E-state index >= 15 is 0 Å². The number of carbonyl (C=O) groups excluding carboxylic acids is 4. The van der Waals surface area contributed by atoms with E-state index in [9.17, 15) is 24.3 Å². The van der Waals surface area contributed by atoms with Gasteiger partial charge in [0, 0.05) is 13.0 Å². The number of benzene rings is 1. The van der Waals surface area contributed by atoms with E-state index in [0.717, 1.165) is 5.52 Å². The van der Waals surface area contributed by atoms with Crippen molar-refractivity contribution in [1.29, 1.82) is 0 Å². The minimum absolute atomic E-state index is 0.0712. The number of likely N-dealkylation sites (tertiary alicyclic amines) is 1. The van der Waals surface area contributed by atoms with Gasteiger partial charge in [0.15, 0.2) is 0 Å². The van der Waals surface area contributed by atoms with Crippen LogP contribution in [0.2, 0.25) is 0 Å². The molecular formula is C31H38N6O7. The molecule has 0 aliphatic carbocycles. The summed E-state index contributed by atoms with van der Waals surface area (Å²) < 4.78 is 14.1. The maximum absolute atomic E-state index is 14.6. The van der Waals surface area contributed by atoms with E-state index in [1.54, 1.807) is 40.8 Å². The zero-order chi connectivity index (χ0) is 31.2. The standard InChI is InChI=1S/C31H38N6O7/c1-18(2)22(16-38)37-27-29(41)35(17-36-21-10-5-4-9-20(21)33-34-36)14-8-13-31(27)26(28(37)40)25-23(44-31)11-6-7-12-24(39)32-15-19(3)43-30(25)42/h4-6,8-11,13,18-19,22-23,25-27,38H,7,12,14-17H2,1-3H3,(H,32,39)/b11-6-/t19-,22-,23-,25+,26+,27-,31+/m0/s1.